The maximum Gasteiger partial charge on any atom is 0.405 e. The minimum Gasteiger partial charge on any atom is -0.366 e. The fraction of sp³-hybridized carbons (Fsp3) is 0.400. The summed E-state index contributed by atoms with van der Waals surface area (Å²) in [6.45, 7) is -0.951. The molecule has 1 rings (SSSR count). The van der Waals surface area contributed by atoms with Gasteiger partial charge >= 0.3 is 6.18 Å². The maximum absolute atomic E-state index is 12.2. The lowest BCUT2D eigenvalue weighted by molar-refractivity contribution is -0.119. The Balaban J connectivity index is 2.85. The van der Waals surface area contributed by atoms with Crippen LogP contribution < -0.4 is 4.90 Å². The fourth-order valence-electron chi connectivity index (χ4n) is 1.24. The largest absolute Gasteiger partial charge is 0.405 e. The summed E-state index contributed by atoms with van der Waals surface area (Å²) in [6, 6.07) is 5.15. The number of rotatable bonds is 3. The molecule has 0 atom stereocenters. The molecule has 0 aliphatic carbocycles. The van der Waals surface area contributed by atoms with E-state index in [0.29, 0.717) is 11.0 Å². The van der Waals surface area contributed by atoms with Crippen LogP contribution in [0, 0.1) is 0 Å². The van der Waals surface area contributed by atoms with E-state index in [4.69, 9.17) is 0 Å². The highest BCUT2D eigenvalue weighted by Gasteiger charge is 2.29. The van der Waals surface area contributed by atoms with Gasteiger partial charge in [-0.25, -0.2) is 0 Å². The molecule has 1 aromatic rings. The quantitative estimate of drug-likeness (QED) is 0.724. The van der Waals surface area contributed by atoms with Crippen molar-refractivity contribution in [2.75, 3.05) is 18.5 Å². The van der Waals surface area contributed by atoms with Crippen LogP contribution >= 0.6 is 31.9 Å². The van der Waals surface area contributed by atoms with E-state index in [1.165, 1.54) is 11.9 Å². The van der Waals surface area contributed by atoms with Crippen molar-refractivity contribution in [1.82, 2.24) is 0 Å². The summed E-state index contributed by atoms with van der Waals surface area (Å²) in [5.41, 5.74) is 1.54. The zero-order valence-electron chi connectivity index (χ0n) is 8.48. The van der Waals surface area contributed by atoms with E-state index < -0.39 is 12.7 Å². The lowest BCUT2D eigenvalue weighted by atomic mass is 10.2. The number of anilines is 1. The van der Waals surface area contributed by atoms with Crippen molar-refractivity contribution in [1.29, 1.82) is 0 Å². The number of halogens is 5. The van der Waals surface area contributed by atoms with Gasteiger partial charge in [0.25, 0.3) is 0 Å². The van der Waals surface area contributed by atoms with E-state index in [0.717, 1.165) is 10.0 Å². The number of benzene rings is 1. The summed E-state index contributed by atoms with van der Waals surface area (Å²) in [6.07, 6.45) is -4.19. The zero-order chi connectivity index (χ0) is 12.3. The average Bonchev–Trinajstić information content (AvgIpc) is 2.15. The molecule has 1 aromatic carbocycles. The Morgan fingerprint density at radius 3 is 2.38 bits per heavy atom. The molecule has 0 heterocycles. The Hall–Kier alpha value is -0.230. The molecular weight excluding hydrogens is 351 g/mol. The second-order valence-corrected chi connectivity index (χ2v) is 4.80. The summed E-state index contributed by atoms with van der Waals surface area (Å²) in [7, 11) is 1.42. The minimum atomic E-state index is -4.19. The molecule has 0 radical (unpaired) electrons. The molecule has 0 aromatic heterocycles. The van der Waals surface area contributed by atoms with Crippen molar-refractivity contribution < 1.29 is 13.2 Å². The molecule has 0 amide bonds. The third-order valence-corrected chi connectivity index (χ3v) is 3.38. The van der Waals surface area contributed by atoms with E-state index in [1.807, 2.05) is 0 Å². The second-order valence-electron chi connectivity index (χ2n) is 3.38. The van der Waals surface area contributed by atoms with Gasteiger partial charge in [0.1, 0.15) is 6.54 Å². The minimum absolute atomic E-state index is 0.536. The van der Waals surface area contributed by atoms with Gasteiger partial charge in [-0.1, -0.05) is 37.9 Å². The Morgan fingerprint density at radius 2 is 1.94 bits per heavy atom. The third kappa shape index (κ3) is 3.97. The summed E-state index contributed by atoms with van der Waals surface area (Å²) < 4.78 is 37.3. The standard InChI is InChI=1S/C10H10Br2F3N/c1-16(6-10(13,14)15)8-3-2-7(5-11)9(12)4-8/h2-4H,5-6H2,1H3. The highest BCUT2D eigenvalue weighted by Crippen LogP contribution is 2.27. The van der Waals surface area contributed by atoms with Gasteiger partial charge in [0.2, 0.25) is 0 Å². The monoisotopic (exact) mass is 359 g/mol. The number of nitrogens with zero attached hydrogens (tertiary/aromatic N) is 1. The molecule has 0 aliphatic rings. The van der Waals surface area contributed by atoms with E-state index in [1.54, 1.807) is 18.2 Å². The zero-order valence-corrected chi connectivity index (χ0v) is 11.7. The smallest absolute Gasteiger partial charge is 0.366 e. The van der Waals surface area contributed by atoms with Crippen LogP contribution in [0.2, 0.25) is 0 Å². The topological polar surface area (TPSA) is 3.24 Å². The Labute approximate surface area is 109 Å². The molecule has 0 spiro atoms. The van der Waals surface area contributed by atoms with Crippen LogP contribution in [0.1, 0.15) is 5.56 Å². The predicted molar refractivity (Wildman–Crippen MR) is 66.1 cm³/mol. The van der Waals surface area contributed by atoms with E-state index in [-0.39, 0.29) is 0 Å². The highest BCUT2D eigenvalue weighted by atomic mass is 79.9. The molecule has 0 unspecified atom stereocenters. The van der Waals surface area contributed by atoms with Crippen LogP contribution in [-0.2, 0) is 5.33 Å². The third-order valence-electron chi connectivity index (χ3n) is 2.04. The normalized spacial score (nSPS) is 11.6. The first-order chi connectivity index (χ1) is 7.33. The first-order valence-electron chi connectivity index (χ1n) is 4.46. The highest BCUT2D eigenvalue weighted by molar-refractivity contribution is 9.10. The van der Waals surface area contributed by atoms with Gasteiger partial charge < -0.3 is 4.90 Å². The molecule has 90 valence electrons. The number of hydrogen-bond donors (Lipinski definition) is 0. The van der Waals surface area contributed by atoms with E-state index in [9.17, 15) is 13.2 Å². The first-order valence-corrected chi connectivity index (χ1v) is 6.37. The van der Waals surface area contributed by atoms with Gasteiger partial charge in [-0.15, -0.1) is 0 Å². The van der Waals surface area contributed by atoms with Crippen LogP contribution in [0.15, 0.2) is 22.7 Å². The number of hydrogen-bond acceptors (Lipinski definition) is 1. The molecular formula is C10H10Br2F3N. The fourth-order valence-corrected chi connectivity index (χ4v) is 2.61. The molecule has 0 saturated carbocycles. The molecule has 0 bridgehead atoms. The summed E-state index contributed by atoms with van der Waals surface area (Å²) in [5.74, 6) is 0. The second kappa shape index (κ2) is 5.40. The Morgan fingerprint density at radius 1 is 1.31 bits per heavy atom. The maximum atomic E-state index is 12.2. The molecule has 1 nitrogen and oxygen atoms in total. The van der Waals surface area contributed by atoms with Gasteiger partial charge in [0, 0.05) is 22.5 Å². The van der Waals surface area contributed by atoms with Crippen molar-refractivity contribution in [3.63, 3.8) is 0 Å². The van der Waals surface area contributed by atoms with Gasteiger partial charge in [-0.05, 0) is 17.7 Å². The van der Waals surface area contributed by atoms with Crippen LogP contribution in [0.5, 0.6) is 0 Å². The van der Waals surface area contributed by atoms with Gasteiger partial charge in [-0.2, -0.15) is 13.2 Å². The molecule has 0 aliphatic heterocycles. The lowest BCUT2D eigenvalue weighted by Gasteiger charge is -2.21. The van der Waals surface area contributed by atoms with Crippen molar-refractivity contribution >= 4 is 37.5 Å². The predicted octanol–water partition coefficient (Wildman–Crippen LogP) is 4.34. The van der Waals surface area contributed by atoms with Gasteiger partial charge in [0.15, 0.2) is 0 Å². The van der Waals surface area contributed by atoms with E-state index in [2.05, 4.69) is 31.9 Å². The lowest BCUT2D eigenvalue weighted by Crippen LogP contribution is -2.30. The Bertz CT molecular complexity index is 366. The molecule has 16 heavy (non-hydrogen) atoms. The van der Waals surface area contributed by atoms with E-state index >= 15 is 0 Å². The summed E-state index contributed by atoms with van der Waals surface area (Å²) >= 11 is 6.61. The van der Waals surface area contributed by atoms with Gasteiger partial charge in [0.05, 0.1) is 0 Å². The van der Waals surface area contributed by atoms with Crippen LogP contribution in [0.3, 0.4) is 0 Å². The van der Waals surface area contributed by atoms with Crippen molar-refractivity contribution in [2.24, 2.45) is 0 Å². The molecule has 6 heteroatoms. The van der Waals surface area contributed by atoms with Crippen LogP contribution in [-0.4, -0.2) is 19.8 Å². The van der Waals surface area contributed by atoms with Crippen molar-refractivity contribution in [2.45, 2.75) is 11.5 Å². The molecule has 0 fully saturated rings. The number of alkyl halides is 4. The van der Waals surface area contributed by atoms with Crippen LogP contribution in [0.4, 0.5) is 18.9 Å². The SMILES string of the molecule is CN(CC(F)(F)F)c1ccc(CBr)c(Br)c1. The molecule has 0 N–H and O–H groups in total. The van der Waals surface area contributed by atoms with Gasteiger partial charge in [-0.3, -0.25) is 0 Å². The Kier molecular flexibility index (Phi) is 4.67. The first kappa shape index (κ1) is 13.8. The summed E-state index contributed by atoms with van der Waals surface area (Å²) in [4.78, 5) is 1.17. The van der Waals surface area contributed by atoms with Crippen LogP contribution in [0.25, 0.3) is 0 Å². The molecule has 0 saturated heterocycles. The van der Waals surface area contributed by atoms with Crippen molar-refractivity contribution in [3.05, 3.63) is 28.2 Å². The average molecular weight is 361 g/mol. The summed E-state index contributed by atoms with van der Waals surface area (Å²) in [5, 5.41) is 0.664. The van der Waals surface area contributed by atoms with Crippen molar-refractivity contribution in [3.8, 4) is 0 Å².